The van der Waals surface area contributed by atoms with Crippen molar-refractivity contribution in [3.63, 3.8) is 0 Å². The van der Waals surface area contributed by atoms with Crippen LogP contribution in [-0.4, -0.2) is 42.3 Å². The van der Waals surface area contributed by atoms with Crippen molar-refractivity contribution >= 4 is 17.5 Å². The number of likely N-dealkylation sites (tertiary alicyclic amines) is 1. The summed E-state index contributed by atoms with van der Waals surface area (Å²) in [4.78, 5) is 15.7. The highest BCUT2D eigenvalue weighted by Crippen LogP contribution is 2.32. The van der Waals surface area contributed by atoms with Crippen molar-refractivity contribution in [3.8, 4) is 11.1 Å². The molecule has 1 atom stereocenters. The van der Waals surface area contributed by atoms with Gasteiger partial charge in [0.25, 0.3) is 0 Å². The van der Waals surface area contributed by atoms with Crippen molar-refractivity contribution < 1.29 is 9.90 Å². The first-order valence-corrected chi connectivity index (χ1v) is 8.72. The number of anilines is 2. The predicted molar refractivity (Wildman–Crippen MR) is 102 cm³/mol. The molecule has 0 radical (unpaired) electrons. The van der Waals surface area contributed by atoms with E-state index in [4.69, 9.17) is 5.73 Å². The molecule has 1 aliphatic heterocycles. The highest BCUT2D eigenvalue weighted by molar-refractivity contribution is 5.93. The lowest BCUT2D eigenvalue weighted by atomic mass is 10.0. The van der Waals surface area contributed by atoms with E-state index >= 15 is 0 Å². The second-order valence-corrected chi connectivity index (χ2v) is 6.64. The van der Waals surface area contributed by atoms with Crippen LogP contribution in [0.3, 0.4) is 0 Å². The summed E-state index contributed by atoms with van der Waals surface area (Å²) in [5.41, 5.74) is 9.10. The largest absolute Gasteiger partial charge is 0.465 e. The molecular weight excluding hydrogens is 314 g/mol. The Labute approximate surface area is 148 Å². The second kappa shape index (κ2) is 7.57. The summed E-state index contributed by atoms with van der Waals surface area (Å²) < 4.78 is 0. The minimum Gasteiger partial charge on any atom is -0.465 e. The van der Waals surface area contributed by atoms with Crippen molar-refractivity contribution in [1.29, 1.82) is 0 Å². The summed E-state index contributed by atoms with van der Waals surface area (Å²) in [6.45, 7) is 1.58. The lowest BCUT2D eigenvalue weighted by molar-refractivity contribution is 0.200. The maximum atomic E-state index is 11.9. The third-order valence-electron chi connectivity index (χ3n) is 4.98. The van der Waals surface area contributed by atoms with Crippen LogP contribution in [0.4, 0.5) is 16.2 Å². The maximum Gasteiger partial charge on any atom is 0.411 e. The Kier molecular flexibility index (Phi) is 5.24. The van der Waals surface area contributed by atoms with Gasteiger partial charge >= 0.3 is 6.09 Å². The van der Waals surface area contributed by atoms with Crippen LogP contribution in [0.15, 0.2) is 48.5 Å². The fourth-order valence-corrected chi connectivity index (χ4v) is 3.60. The number of carbonyl (C=O) groups is 1. The number of hydrogen-bond donors (Lipinski definition) is 2. The average Bonchev–Trinajstić information content (AvgIpc) is 3.00. The number of benzene rings is 2. The first-order valence-electron chi connectivity index (χ1n) is 8.72. The van der Waals surface area contributed by atoms with Crippen LogP contribution < -0.4 is 10.6 Å². The zero-order valence-corrected chi connectivity index (χ0v) is 14.6. The van der Waals surface area contributed by atoms with E-state index in [2.05, 4.69) is 11.9 Å². The summed E-state index contributed by atoms with van der Waals surface area (Å²) >= 11 is 0. The minimum absolute atomic E-state index is 0.460. The van der Waals surface area contributed by atoms with Crippen LogP contribution >= 0.6 is 0 Å². The van der Waals surface area contributed by atoms with Gasteiger partial charge in [-0.05, 0) is 56.6 Å². The standard InChI is InChI=1S/C20H25N3O2/c1-22-12-5-8-17(22)11-13-23(20(24)25)19-10-3-2-9-18(19)15-6-4-7-16(21)14-15/h2-4,6-7,9-10,14,17H,5,8,11-13,21H2,1H3,(H,24,25). The van der Waals surface area contributed by atoms with Crippen molar-refractivity contribution in [1.82, 2.24) is 4.90 Å². The number of nitrogen functional groups attached to an aromatic ring is 1. The number of nitrogens with two attached hydrogens (primary N) is 1. The number of nitrogens with zero attached hydrogens (tertiary/aromatic N) is 2. The van der Waals surface area contributed by atoms with Crippen molar-refractivity contribution in [3.05, 3.63) is 48.5 Å². The van der Waals surface area contributed by atoms with E-state index in [1.807, 2.05) is 48.5 Å². The topological polar surface area (TPSA) is 69.8 Å². The molecule has 1 amide bonds. The number of para-hydroxylation sites is 1. The molecule has 0 spiro atoms. The lowest BCUT2D eigenvalue weighted by Gasteiger charge is -2.26. The van der Waals surface area contributed by atoms with Gasteiger partial charge in [-0.3, -0.25) is 4.90 Å². The van der Waals surface area contributed by atoms with Crippen LogP contribution in [0.5, 0.6) is 0 Å². The second-order valence-electron chi connectivity index (χ2n) is 6.64. The van der Waals surface area contributed by atoms with Gasteiger partial charge in [-0.25, -0.2) is 4.79 Å². The molecule has 3 rings (SSSR count). The molecule has 1 saturated heterocycles. The van der Waals surface area contributed by atoms with E-state index in [0.717, 1.165) is 30.5 Å². The quantitative estimate of drug-likeness (QED) is 0.811. The van der Waals surface area contributed by atoms with E-state index in [9.17, 15) is 9.90 Å². The molecule has 5 nitrogen and oxygen atoms in total. The van der Waals surface area contributed by atoms with E-state index in [1.165, 1.54) is 11.3 Å². The van der Waals surface area contributed by atoms with Gasteiger partial charge in [0, 0.05) is 23.8 Å². The molecule has 0 bridgehead atoms. The highest BCUT2D eigenvalue weighted by atomic mass is 16.4. The Hall–Kier alpha value is -2.53. The number of rotatable bonds is 5. The van der Waals surface area contributed by atoms with Crippen LogP contribution in [-0.2, 0) is 0 Å². The molecule has 1 aliphatic rings. The lowest BCUT2D eigenvalue weighted by Crippen LogP contribution is -2.35. The Bertz CT molecular complexity index is 747. The molecule has 0 aromatic heterocycles. The molecule has 0 aliphatic carbocycles. The molecule has 0 saturated carbocycles. The third-order valence-corrected chi connectivity index (χ3v) is 4.98. The monoisotopic (exact) mass is 339 g/mol. The van der Waals surface area contributed by atoms with Gasteiger partial charge in [0.05, 0.1) is 5.69 Å². The summed E-state index contributed by atoms with van der Waals surface area (Å²) in [5, 5.41) is 9.78. The number of amides is 1. The first kappa shape index (κ1) is 17.3. The highest BCUT2D eigenvalue weighted by Gasteiger charge is 2.24. The smallest absolute Gasteiger partial charge is 0.411 e. The van der Waals surface area contributed by atoms with Gasteiger partial charge in [0.15, 0.2) is 0 Å². The van der Waals surface area contributed by atoms with Gasteiger partial charge in [0.2, 0.25) is 0 Å². The number of carboxylic acid groups (broad SMARTS) is 1. The Balaban J connectivity index is 1.88. The zero-order valence-electron chi connectivity index (χ0n) is 14.6. The van der Waals surface area contributed by atoms with Crippen molar-refractivity contribution in [2.45, 2.75) is 25.3 Å². The summed E-state index contributed by atoms with van der Waals surface area (Å²) in [6, 6.07) is 15.6. The molecular formula is C20H25N3O2. The molecule has 5 heteroatoms. The summed E-state index contributed by atoms with van der Waals surface area (Å²) in [7, 11) is 2.11. The third kappa shape index (κ3) is 3.94. The fourth-order valence-electron chi connectivity index (χ4n) is 3.60. The van der Waals surface area contributed by atoms with E-state index in [1.54, 1.807) is 0 Å². The Morgan fingerprint density at radius 3 is 2.76 bits per heavy atom. The first-order chi connectivity index (χ1) is 12.1. The zero-order chi connectivity index (χ0) is 17.8. The van der Waals surface area contributed by atoms with Crippen LogP contribution in [0.1, 0.15) is 19.3 Å². The molecule has 1 heterocycles. The molecule has 25 heavy (non-hydrogen) atoms. The van der Waals surface area contributed by atoms with Gasteiger partial charge in [-0.15, -0.1) is 0 Å². The van der Waals surface area contributed by atoms with E-state index < -0.39 is 6.09 Å². The molecule has 132 valence electrons. The van der Waals surface area contributed by atoms with Gasteiger partial charge in [-0.2, -0.15) is 0 Å². The van der Waals surface area contributed by atoms with Crippen LogP contribution in [0.25, 0.3) is 11.1 Å². The molecule has 3 N–H and O–H groups in total. The Morgan fingerprint density at radius 1 is 1.28 bits per heavy atom. The SMILES string of the molecule is CN1CCCC1CCN(C(=O)O)c1ccccc1-c1cccc(N)c1. The average molecular weight is 339 g/mol. The maximum absolute atomic E-state index is 11.9. The Morgan fingerprint density at radius 2 is 2.08 bits per heavy atom. The molecule has 1 fully saturated rings. The van der Waals surface area contributed by atoms with Crippen LogP contribution in [0.2, 0.25) is 0 Å². The summed E-state index contributed by atoms with van der Waals surface area (Å²) in [6.07, 6.45) is 2.25. The summed E-state index contributed by atoms with van der Waals surface area (Å²) in [5.74, 6) is 0. The predicted octanol–water partition coefficient (Wildman–Crippen LogP) is 3.90. The van der Waals surface area contributed by atoms with Gasteiger partial charge in [0.1, 0.15) is 0 Å². The minimum atomic E-state index is -0.919. The normalized spacial score (nSPS) is 17.6. The van der Waals surface area contributed by atoms with Crippen LogP contribution in [0, 0.1) is 0 Å². The number of hydrogen-bond acceptors (Lipinski definition) is 3. The van der Waals surface area contributed by atoms with E-state index in [-0.39, 0.29) is 0 Å². The van der Waals surface area contributed by atoms with Gasteiger partial charge < -0.3 is 15.7 Å². The molecule has 2 aromatic carbocycles. The fraction of sp³-hybridized carbons (Fsp3) is 0.350. The van der Waals surface area contributed by atoms with E-state index in [0.29, 0.717) is 24.0 Å². The van der Waals surface area contributed by atoms with Crippen molar-refractivity contribution in [2.24, 2.45) is 0 Å². The molecule has 2 aromatic rings. The van der Waals surface area contributed by atoms with Gasteiger partial charge in [-0.1, -0.05) is 30.3 Å². The molecule has 1 unspecified atom stereocenters. The van der Waals surface area contributed by atoms with Crippen molar-refractivity contribution in [2.75, 3.05) is 30.8 Å².